The summed E-state index contributed by atoms with van der Waals surface area (Å²) in [7, 11) is 0. The summed E-state index contributed by atoms with van der Waals surface area (Å²) >= 11 is 1.48. The van der Waals surface area contributed by atoms with Crippen LogP contribution in [0.3, 0.4) is 0 Å². The Labute approximate surface area is 152 Å². The molecule has 2 N–H and O–H groups in total. The number of benzene rings is 2. The number of thioether (sulfide) groups is 1. The molecular formula is C20H22N2O2S. The fraction of sp³-hybridized carbons (Fsp3) is 0.300. The first kappa shape index (κ1) is 17.5. The third-order valence-electron chi connectivity index (χ3n) is 4.11. The van der Waals surface area contributed by atoms with Crippen molar-refractivity contribution in [2.45, 2.75) is 31.6 Å². The summed E-state index contributed by atoms with van der Waals surface area (Å²) in [4.78, 5) is 24.9. The maximum absolute atomic E-state index is 12.2. The number of aryl methyl sites for hydroxylation is 2. The van der Waals surface area contributed by atoms with Crippen LogP contribution in [0.1, 0.15) is 24.0 Å². The van der Waals surface area contributed by atoms with Crippen LogP contribution in [0, 0.1) is 19.8 Å². The number of hydrogen-bond donors (Lipinski definition) is 2. The van der Waals surface area contributed by atoms with Crippen LogP contribution in [0.4, 0.5) is 11.4 Å². The van der Waals surface area contributed by atoms with E-state index in [1.165, 1.54) is 11.8 Å². The van der Waals surface area contributed by atoms with Gasteiger partial charge in [-0.1, -0.05) is 12.1 Å². The highest BCUT2D eigenvalue weighted by molar-refractivity contribution is 8.00. The van der Waals surface area contributed by atoms with Gasteiger partial charge in [-0.25, -0.2) is 0 Å². The largest absolute Gasteiger partial charge is 0.326 e. The van der Waals surface area contributed by atoms with Crippen LogP contribution in [0.25, 0.3) is 0 Å². The van der Waals surface area contributed by atoms with Crippen LogP contribution < -0.4 is 10.6 Å². The summed E-state index contributed by atoms with van der Waals surface area (Å²) < 4.78 is 0. The molecule has 4 nitrogen and oxygen atoms in total. The third-order valence-corrected chi connectivity index (χ3v) is 5.12. The molecule has 0 atom stereocenters. The van der Waals surface area contributed by atoms with E-state index in [-0.39, 0.29) is 17.7 Å². The van der Waals surface area contributed by atoms with E-state index in [2.05, 4.69) is 10.6 Å². The van der Waals surface area contributed by atoms with E-state index in [0.29, 0.717) is 5.75 Å². The Hall–Kier alpha value is -2.27. The molecule has 130 valence electrons. The summed E-state index contributed by atoms with van der Waals surface area (Å²) in [6.45, 7) is 3.99. The first-order valence-electron chi connectivity index (χ1n) is 8.42. The predicted octanol–water partition coefficient (Wildman–Crippen LogP) is 4.38. The molecule has 1 saturated carbocycles. The molecule has 1 aliphatic carbocycles. The zero-order valence-corrected chi connectivity index (χ0v) is 15.3. The van der Waals surface area contributed by atoms with E-state index < -0.39 is 0 Å². The van der Waals surface area contributed by atoms with Crippen LogP contribution in [-0.4, -0.2) is 17.6 Å². The van der Waals surface area contributed by atoms with Crippen LogP contribution in [0.5, 0.6) is 0 Å². The summed E-state index contributed by atoms with van der Waals surface area (Å²) in [6.07, 6.45) is 1.99. The molecule has 5 heteroatoms. The van der Waals surface area contributed by atoms with Crippen LogP contribution in [0.2, 0.25) is 0 Å². The molecule has 0 aromatic heterocycles. The second-order valence-electron chi connectivity index (χ2n) is 6.44. The van der Waals surface area contributed by atoms with Gasteiger partial charge in [-0.2, -0.15) is 0 Å². The number of hydrogen-bond acceptors (Lipinski definition) is 3. The standard InChI is InChI=1S/C20H22N2O2S/c1-13-3-4-14(2)18(11-13)22-19(23)12-25-17-9-7-16(8-10-17)21-20(24)15-5-6-15/h3-4,7-11,15H,5-6,12H2,1-2H3,(H,21,24)(H,22,23). The maximum atomic E-state index is 12.2. The molecule has 3 rings (SSSR count). The first-order chi connectivity index (χ1) is 12.0. The van der Waals surface area contributed by atoms with Crippen LogP contribution in [-0.2, 0) is 9.59 Å². The van der Waals surface area contributed by atoms with Gasteiger partial charge in [-0.15, -0.1) is 11.8 Å². The lowest BCUT2D eigenvalue weighted by molar-refractivity contribution is -0.117. The van der Waals surface area contributed by atoms with Crippen molar-refractivity contribution >= 4 is 35.0 Å². The minimum absolute atomic E-state index is 0.0233. The average molecular weight is 354 g/mol. The summed E-state index contributed by atoms with van der Waals surface area (Å²) in [5, 5.41) is 5.87. The van der Waals surface area contributed by atoms with Crippen molar-refractivity contribution in [3.8, 4) is 0 Å². The van der Waals surface area contributed by atoms with E-state index in [0.717, 1.165) is 40.2 Å². The van der Waals surface area contributed by atoms with Crippen molar-refractivity contribution in [2.24, 2.45) is 5.92 Å². The minimum atomic E-state index is -0.0233. The lowest BCUT2D eigenvalue weighted by Crippen LogP contribution is -2.15. The second kappa shape index (κ2) is 7.74. The molecule has 2 amide bonds. The Morgan fingerprint density at radius 1 is 1.04 bits per heavy atom. The van der Waals surface area contributed by atoms with Crippen molar-refractivity contribution < 1.29 is 9.59 Å². The number of carbonyl (C=O) groups excluding carboxylic acids is 2. The minimum Gasteiger partial charge on any atom is -0.326 e. The Morgan fingerprint density at radius 3 is 2.44 bits per heavy atom. The number of nitrogens with one attached hydrogen (secondary N) is 2. The molecule has 0 spiro atoms. The van der Waals surface area contributed by atoms with Gasteiger partial charge in [-0.3, -0.25) is 9.59 Å². The zero-order valence-electron chi connectivity index (χ0n) is 14.5. The van der Waals surface area contributed by atoms with Crippen molar-refractivity contribution in [3.05, 3.63) is 53.6 Å². The van der Waals surface area contributed by atoms with Gasteiger partial charge in [0, 0.05) is 22.2 Å². The summed E-state index contributed by atoms with van der Waals surface area (Å²) in [6, 6.07) is 13.6. The maximum Gasteiger partial charge on any atom is 0.234 e. The topological polar surface area (TPSA) is 58.2 Å². The second-order valence-corrected chi connectivity index (χ2v) is 7.49. The Balaban J connectivity index is 1.49. The van der Waals surface area contributed by atoms with Crippen LogP contribution >= 0.6 is 11.8 Å². The van der Waals surface area contributed by atoms with E-state index in [1.807, 2.05) is 56.3 Å². The van der Waals surface area contributed by atoms with Gasteiger partial charge in [0.2, 0.25) is 11.8 Å². The lowest BCUT2D eigenvalue weighted by Gasteiger charge is -2.09. The fourth-order valence-corrected chi connectivity index (χ4v) is 3.13. The smallest absolute Gasteiger partial charge is 0.234 e. The van der Waals surface area contributed by atoms with Crippen LogP contribution in [0.15, 0.2) is 47.4 Å². The Kier molecular flexibility index (Phi) is 5.43. The van der Waals surface area contributed by atoms with E-state index in [4.69, 9.17) is 0 Å². The molecule has 0 radical (unpaired) electrons. The van der Waals surface area contributed by atoms with Crippen molar-refractivity contribution in [1.29, 1.82) is 0 Å². The molecule has 0 heterocycles. The first-order valence-corrected chi connectivity index (χ1v) is 9.40. The monoisotopic (exact) mass is 354 g/mol. The third kappa shape index (κ3) is 5.10. The molecule has 0 unspecified atom stereocenters. The fourth-order valence-electron chi connectivity index (χ4n) is 2.43. The van der Waals surface area contributed by atoms with Crippen molar-refractivity contribution in [2.75, 3.05) is 16.4 Å². The van der Waals surface area contributed by atoms with Gasteiger partial charge in [0.25, 0.3) is 0 Å². The predicted molar refractivity (Wildman–Crippen MR) is 103 cm³/mol. The van der Waals surface area contributed by atoms with Gasteiger partial charge >= 0.3 is 0 Å². The number of rotatable bonds is 6. The van der Waals surface area contributed by atoms with Gasteiger partial charge in [-0.05, 0) is 68.1 Å². The Morgan fingerprint density at radius 2 is 1.76 bits per heavy atom. The molecule has 25 heavy (non-hydrogen) atoms. The number of carbonyl (C=O) groups is 2. The quantitative estimate of drug-likeness (QED) is 0.757. The lowest BCUT2D eigenvalue weighted by atomic mass is 10.1. The van der Waals surface area contributed by atoms with Crippen molar-refractivity contribution in [3.63, 3.8) is 0 Å². The number of anilines is 2. The SMILES string of the molecule is Cc1ccc(C)c(NC(=O)CSc2ccc(NC(=O)C3CC3)cc2)c1. The normalized spacial score (nSPS) is 13.4. The molecule has 0 aliphatic heterocycles. The van der Waals surface area contributed by atoms with E-state index in [1.54, 1.807) is 0 Å². The zero-order chi connectivity index (χ0) is 17.8. The molecular weight excluding hydrogens is 332 g/mol. The van der Waals surface area contributed by atoms with Gasteiger partial charge in [0.05, 0.1) is 5.75 Å². The summed E-state index contributed by atoms with van der Waals surface area (Å²) in [5.74, 6) is 0.627. The Bertz CT molecular complexity index is 783. The van der Waals surface area contributed by atoms with E-state index >= 15 is 0 Å². The molecule has 0 bridgehead atoms. The highest BCUT2D eigenvalue weighted by atomic mass is 32.2. The highest BCUT2D eigenvalue weighted by Gasteiger charge is 2.29. The summed E-state index contributed by atoms with van der Waals surface area (Å²) in [5.41, 5.74) is 3.85. The van der Waals surface area contributed by atoms with Crippen molar-refractivity contribution in [1.82, 2.24) is 0 Å². The molecule has 1 fully saturated rings. The average Bonchev–Trinajstić information content (AvgIpc) is 3.43. The van der Waals surface area contributed by atoms with Gasteiger partial charge < -0.3 is 10.6 Å². The number of amides is 2. The highest BCUT2D eigenvalue weighted by Crippen LogP contribution is 2.30. The molecule has 1 aliphatic rings. The van der Waals surface area contributed by atoms with Gasteiger partial charge in [0.15, 0.2) is 0 Å². The molecule has 0 saturated heterocycles. The van der Waals surface area contributed by atoms with E-state index in [9.17, 15) is 9.59 Å². The molecule has 2 aromatic carbocycles. The van der Waals surface area contributed by atoms with Gasteiger partial charge in [0.1, 0.15) is 0 Å². The molecule has 2 aromatic rings.